The van der Waals surface area contributed by atoms with Crippen LogP contribution in [0.2, 0.25) is 0 Å². The quantitative estimate of drug-likeness (QED) is 0.164. The average Bonchev–Trinajstić information content (AvgIpc) is 3.94. The fourth-order valence-electron chi connectivity index (χ4n) is 10.9. The molecule has 5 heterocycles. The van der Waals surface area contributed by atoms with Gasteiger partial charge in [-0.1, -0.05) is 126 Å². The molecule has 2 aliphatic heterocycles. The Bertz CT molecular complexity index is 3770. The third-order valence-corrected chi connectivity index (χ3v) is 13.4. The van der Waals surface area contributed by atoms with Crippen molar-refractivity contribution >= 4 is 105 Å². The zero-order chi connectivity index (χ0) is 38.7. The normalized spacial score (nSPS) is 13.2. The molecule has 0 bridgehead atoms. The van der Waals surface area contributed by atoms with Crippen LogP contribution in [0.3, 0.4) is 0 Å². The van der Waals surface area contributed by atoms with Gasteiger partial charge in [0, 0.05) is 66.4 Å². The van der Waals surface area contributed by atoms with Gasteiger partial charge >= 0.3 is 6.85 Å². The molecule has 9 aromatic carbocycles. The number of hydrogen-bond acceptors (Lipinski definition) is 2. The predicted molar refractivity (Wildman–Crippen MR) is 248 cm³/mol. The van der Waals surface area contributed by atoms with Crippen molar-refractivity contribution in [2.75, 3.05) is 4.81 Å². The van der Waals surface area contributed by atoms with Gasteiger partial charge in [0.15, 0.2) is 0 Å². The molecule has 2 aliphatic rings. The first-order valence-electron chi connectivity index (χ1n) is 20.5. The van der Waals surface area contributed by atoms with Gasteiger partial charge < -0.3 is 18.4 Å². The number of furan rings is 1. The zero-order valence-electron chi connectivity index (χ0n) is 32.5. The average molecular weight is 752 g/mol. The van der Waals surface area contributed by atoms with Crippen LogP contribution in [0, 0.1) is 13.8 Å². The molecule has 0 radical (unpaired) electrons. The van der Waals surface area contributed by atoms with Crippen LogP contribution in [0.25, 0.3) is 98.8 Å². The van der Waals surface area contributed by atoms with Crippen LogP contribution in [-0.2, 0) is 0 Å². The van der Waals surface area contributed by atoms with E-state index in [1.807, 2.05) is 0 Å². The number of hydrogen-bond donors (Lipinski definition) is 0. The second kappa shape index (κ2) is 11.1. The van der Waals surface area contributed by atoms with Crippen LogP contribution in [-0.4, -0.2) is 16.0 Å². The predicted octanol–water partition coefficient (Wildman–Crippen LogP) is 12.8. The van der Waals surface area contributed by atoms with Crippen molar-refractivity contribution in [3.63, 3.8) is 0 Å². The highest BCUT2D eigenvalue weighted by Gasteiger charge is 2.45. The van der Waals surface area contributed by atoms with Gasteiger partial charge in [0.25, 0.3) is 0 Å². The summed E-state index contributed by atoms with van der Waals surface area (Å²) < 4.78 is 11.8. The summed E-state index contributed by atoms with van der Waals surface area (Å²) >= 11 is 0. The van der Waals surface area contributed by atoms with Crippen molar-refractivity contribution < 1.29 is 4.42 Å². The molecule has 5 heteroatoms. The number of para-hydroxylation sites is 3. The number of anilines is 2. The Morgan fingerprint density at radius 2 is 1.14 bits per heavy atom. The van der Waals surface area contributed by atoms with E-state index in [1.165, 1.54) is 98.9 Å². The fraction of sp³-hybridized carbons (Fsp3) is 0.0370. The minimum absolute atomic E-state index is 0.102. The Balaban J connectivity index is 1.26. The molecule has 0 saturated carbocycles. The van der Waals surface area contributed by atoms with E-state index in [1.54, 1.807) is 0 Å². The number of rotatable bonds is 2. The van der Waals surface area contributed by atoms with Gasteiger partial charge in [-0.2, -0.15) is 0 Å². The van der Waals surface area contributed by atoms with E-state index in [9.17, 15) is 0 Å². The van der Waals surface area contributed by atoms with E-state index in [4.69, 9.17) is 4.42 Å². The molecule has 0 atom stereocenters. The molecule has 14 rings (SSSR count). The number of aryl methyl sites for hydroxylation is 2. The molecule has 0 N–H and O–H groups in total. The monoisotopic (exact) mass is 751 g/mol. The minimum Gasteiger partial charge on any atom is -0.456 e. The smallest absolute Gasteiger partial charge is 0.333 e. The summed E-state index contributed by atoms with van der Waals surface area (Å²) in [5.41, 5.74) is 19.0. The van der Waals surface area contributed by atoms with Crippen LogP contribution in [0.15, 0.2) is 174 Å². The molecule has 0 unspecified atom stereocenters. The van der Waals surface area contributed by atoms with E-state index < -0.39 is 0 Å². The Labute approximate surface area is 339 Å². The van der Waals surface area contributed by atoms with Crippen LogP contribution in [0.5, 0.6) is 0 Å². The van der Waals surface area contributed by atoms with Crippen LogP contribution in [0.1, 0.15) is 11.1 Å². The van der Waals surface area contributed by atoms with Gasteiger partial charge in [0.2, 0.25) is 0 Å². The Morgan fingerprint density at radius 1 is 0.441 bits per heavy atom. The summed E-state index contributed by atoms with van der Waals surface area (Å²) in [6, 6.07) is 63.3. The molecule has 4 nitrogen and oxygen atoms in total. The summed E-state index contributed by atoms with van der Waals surface area (Å²) in [5.74, 6) is 0. The number of benzene rings is 9. The standard InChI is InChI=1S/C54H34BN3O/c1-31-19-23-34(24-20-31)58-47-30-50-41(38-15-7-10-18-49(38)59-50)28-40(47)42-29-48(56-44-16-8-5-13-36(44)37-14-6-9-17-45(37)56)51-39-25-22-33-11-3-4-12-35(33)53(39)57-46-26-21-32(2)27-43(46)55(58)52(42)54(51)57/h3-30H,1-2H3. The van der Waals surface area contributed by atoms with Crippen molar-refractivity contribution in [3.8, 4) is 22.5 Å². The molecule has 0 fully saturated rings. The highest BCUT2D eigenvalue weighted by molar-refractivity contribution is 6.93. The van der Waals surface area contributed by atoms with Crippen molar-refractivity contribution in [2.45, 2.75) is 13.8 Å². The molecule has 3 aromatic heterocycles. The van der Waals surface area contributed by atoms with Crippen LogP contribution < -0.4 is 15.7 Å². The first-order chi connectivity index (χ1) is 29.1. The molecule has 0 aliphatic carbocycles. The number of nitrogens with zero attached hydrogens (tertiary/aromatic N) is 3. The van der Waals surface area contributed by atoms with Crippen molar-refractivity contribution in [3.05, 3.63) is 181 Å². The van der Waals surface area contributed by atoms with Gasteiger partial charge in [0.05, 0.1) is 27.8 Å². The number of fused-ring (bicyclic) bond motifs is 16. The Morgan fingerprint density at radius 3 is 1.93 bits per heavy atom. The molecule has 12 aromatic rings. The minimum atomic E-state index is -0.102. The third-order valence-electron chi connectivity index (χ3n) is 13.4. The molecule has 59 heavy (non-hydrogen) atoms. The second-order valence-corrected chi connectivity index (χ2v) is 16.6. The fourth-order valence-corrected chi connectivity index (χ4v) is 10.9. The van der Waals surface area contributed by atoms with E-state index in [-0.39, 0.29) is 6.85 Å². The van der Waals surface area contributed by atoms with Crippen molar-refractivity contribution in [1.29, 1.82) is 0 Å². The van der Waals surface area contributed by atoms with Gasteiger partial charge in [-0.25, -0.2) is 0 Å². The summed E-state index contributed by atoms with van der Waals surface area (Å²) in [6.07, 6.45) is 0. The molecular weight excluding hydrogens is 717 g/mol. The first kappa shape index (κ1) is 31.6. The highest BCUT2D eigenvalue weighted by Crippen LogP contribution is 2.50. The molecule has 0 spiro atoms. The van der Waals surface area contributed by atoms with E-state index in [2.05, 4.69) is 198 Å². The molecule has 274 valence electrons. The Hall–Kier alpha value is -7.50. The molecule has 0 amide bonds. The highest BCUT2D eigenvalue weighted by atomic mass is 16.3. The van der Waals surface area contributed by atoms with E-state index >= 15 is 0 Å². The third kappa shape index (κ3) is 3.99. The zero-order valence-corrected chi connectivity index (χ0v) is 32.5. The SMILES string of the molecule is Cc1ccc(N2B3c4cc(C)ccc4-n4c5c3c(cc(-n3c6ccccc6c6ccccc63)c5c3ccc5ccccc5c34)-c3cc4c(cc32)oc2ccccc24)cc1. The van der Waals surface area contributed by atoms with Crippen molar-refractivity contribution in [1.82, 2.24) is 9.13 Å². The van der Waals surface area contributed by atoms with Crippen molar-refractivity contribution in [2.24, 2.45) is 0 Å². The lowest BCUT2D eigenvalue weighted by Crippen LogP contribution is -2.60. The van der Waals surface area contributed by atoms with Gasteiger partial charge in [0.1, 0.15) is 11.2 Å². The maximum atomic E-state index is 6.67. The molecule has 0 saturated heterocycles. The summed E-state index contributed by atoms with van der Waals surface area (Å²) in [6.45, 7) is 4.30. The lowest BCUT2D eigenvalue weighted by molar-refractivity contribution is 0.669. The van der Waals surface area contributed by atoms with Crippen LogP contribution in [0.4, 0.5) is 11.4 Å². The number of aromatic nitrogens is 2. The lowest BCUT2D eigenvalue weighted by Gasteiger charge is -2.42. The van der Waals surface area contributed by atoms with Gasteiger partial charge in [-0.3, -0.25) is 0 Å². The van der Waals surface area contributed by atoms with E-state index in [0.29, 0.717) is 0 Å². The second-order valence-electron chi connectivity index (χ2n) is 16.6. The van der Waals surface area contributed by atoms with Gasteiger partial charge in [-0.05, 0) is 84.3 Å². The lowest BCUT2D eigenvalue weighted by atomic mass is 9.44. The van der Waals surface area contributed by atoms with Crippen LogP contribution >= 0.6 is 0 Å². The Kier molecular flexibility index (Phi) is 5.95. The molecular formula is C54H34BN3O. The maximum Gasteiger partial charge on any atom is 0.333 e. The summed E-state index contributed by atoms with van der Waals surface area (Å²) in [5, 5.41) is 9.80. The topological polar surface area (TPSA) is 26.2 Å². The first-order valence-corrected chi connectivity index (χ1v) is 20.5. The maximum absolute atomic E-state index is 6.67. The summed E-state index contributed by atoms with van der Waals surface area (Å²) in [4.78, 5) is 2.60. The summed E-state index contributed by atoms with van der Waals surface area (Å²) in [7, 11) is 0. The van der Waals surface area contributed by atoms with E-state index in [0.717, 1.165) is 33.3 Å². The van der Waals surface area contributed by atoms with Gasteiger partial charge in [-0.15, -0.1) is 0 Å². The largest absolute Gasteiger partial charge is 0.456 e.